The monoisotopic (exact) mass is 539 g/mol. The third kappa shape index (κ3) is 5.57. The average Bonchev–Trinajstić information content (AvgIpc) is 3.28. The summed E-state index contributed by atoms with van der Waals surface area (Å²) >= 11 is 0. The molecule has 0 unspecified atom stereocenters. The highest BCUT2D eigenvalue weighted by atomic mass is 32.2. The first-order valence-corrected chi connectivity index (χ1v) is 14.1. The molecule has 1 aromatic heterocycles. The first-order valence-electron chi connectivity index (χ1n) is 11.2. The quantitative estimate of drug-likeness (QED) is 0.438. The van der Waals surface area contributed by atoms with E-state index in [0.29, 0.717) is 31.3 Å². The molecule has 0 amide bonds. The standard InChI is InChI=1S/C22H26FN5O6S2/c1-3-28-21(24-25-22(28)34-18-6-4-17(23)5-7-18)16(2)26-35(29,30)19-8-10-20(11-9-19)36(31,32)27-12-14-33-15-13-27/h4-11,16,26H,3,12-15H2,1-2H3/t16-/m1/s1. The van der Waals surface area contributed by atoms with E-state index in [0.717, 1.165) is 0 Å². The maximum Gasteiger partial charge on any atom is 0.322 e. The van der Waals surface area contributed by atoms with Crippen LogP contribution in [0.4, 0.5) is 4.39 Å². The van der Waals surface area contributed by atoms with Gasteiger partial charge in [0, 0.05) is 19.6 Å². The van der Waals surface area contributed by atoms with Gasteiger partial charge in [-0.25, -0.2) is 25.9 Å². The number of halogens is 1. The molecule has 0 aliphatic carbocycles. The van der Waals surface area contributed by atoms with Crippen molar-refractivity contribution in [2.24, 2.45) is 0 Å². The van der Waals surface area contributed by atoms with Gasteiger partial charge in [-0.3, -0.25) is 4.57 Å². The summed E-state index contributed by atoms with van der Waals surface area (Å²) in [5, 5.41) is 8.06. The number of aromatic nitrogens is 3. The smallest absolute Gasteiger partial charge is 0.322 e. The van der Waals surface area contributed by atoms with Gasteiger partial charge in [0.2, 0.25) is 20.0 Å². The van der Waals surface area contributed by atoms with Crippen molar-refractivity contribution in [3.8, 4) is 11.8 Å². The van der Waals surface area contributed by atoms with E-state index in [2.05, 4.69) is 14.9 Å². The lowest BCUT2D eigenvalue weighted by Crippen LogP contribution is -2.40. The van der Waals surface area contributed by atoms with Gasteiger partial charge in [0.25, 0.3) is 0 Å². The van der Waals surface area contributed by atoms with Gasteiger partial charge in [0.05, 0.1) is 29.0 Å². The minimum Gasteiger partial charge on any atom is -0.424 e. The number of rotatable bonds is 9. The Balaban J connectivity index is 1.50. The molecule has 3 aromatic rings. The predicted molar refractivity (Wildman–Crippen MR) is 127 cm³/mol. The summed E-state index contributed by atoms with van der Waals surface area (Å²) in [5.74, 6) is 0.255. The fraction of sp³-hybridized carbons (Fsp3) is 0.364. The lowest BCUT2D eigenvalue weighted by molar-refractivity contribution is 0.0730. The minimum atomic E-state index is -4.02. The molecular formula is C22H26FN5O6S2. The number of nitrogens with one attached hydrogen (secondary N) is 1. The number of nitrogens with zero attached hydrogens (tertiary/aromatic N) is 4. The molecule has 4 rings (SSSR count). The second-order valence-corrected chi connectivity index (χ2v) is 11.6. The van der Waals surface area contributed by atoms with Crippen LogP contribution < -0.4 is 9.46 Å². The Morgan fingerprint density at radius 2 is 1.61 bits per heavy atom. The second kappa shape index (κ2) is 10.6. The largest absolute Gasteiger partial charge is 0.424 e. The van der Waals surface area contributed by atoms with Crippen molar-refractivity contribution in [3.63, 3.8) is 0 Å². The number of benzene rings is 2. The fourth-order valence-corrected chi connectivity index (χ4v) is 6.29. The Kier molecular flexibility index (Phi) is 7.70. The van der Waals surface area contributed by atoms with Crippen LogP contribution in [0.15, 0.2) is 58.3 Å². The summed E-state index contributed by atoms with van der Waals surface area (Å²) in [4.78, 5) is -0.0923. The molecule has 1 N–H and O–H groups in total. The van der Waals surface area contributed by atoms with Crippen LogP contribution in [0.2, 0.25) is 0 Å². The third-order valence-electron chi connectivity index (χ3n) is 5.55. The highest BCUT2D eigenvalue weighted by molar-refractivity contribution is 7.89. The lowest BCUT2D eigenvalue weighted by atomic mass is 10.3. The zero-order chi connectivity index (χ0) is 25.9. The van der Waals surface area contributed by atoms with Crippen LogP contribution in [-0.4, -0.2) is 62.2 Å². The first-order chi connectivity index (χ1) is 17.1. The van der Waals surface area contributed by atoms with Crippen LogP contribution in [0.3, 0.4) is 0 Å². The van der Waals surface area contributed by atoms with Crippen molar-refractivity contribution in [1.29, 1.82) is 0 Å². The van der Waals surface area contributed by atoms with Gasteiger partial charge in [0.1, 0.15) is 11.6 Å². The van der Waals surface area contributed by atoms with Crippen LogP contribution in [-0.2, 0) is 31.3 Å². The summed E-state index contributed by atoms with van der Waals surface area (Å²) in [7, 11) is -7.76. The van der Waals surface area contributed by atoms with E-state index in [1.165, 1.54) is 52.8 Å². The minimum absolute atomic E-state index is 0.00436. The van der Waals surface area contributed by atoms with Gasteiger partial charge in [-0.15, -0.1) is 5.10 Å². The number of ether oxygens (including phenoxy) is 2. The number of sulfonamides is 2. The van der Waals surface area contributed by atoms with Crippen molar-refractivity contribution in [3.05, 3.63) is 60.2 Å². The number of hydrogen-bond acceptors (Lipinski definition) is 8. The van der Waals surface area contributed by atoms with Gasteiger partial charge in [-0.2, -0.15) is 4.31 Å². The van der Waals surface area contributed by atoms with E-state index >= 15 is 0 Å². The molecule has 14 heteroatoms. The van der Waals surface area contributed by atoms with Gasteiger partial charge < -0.3 is 9.47 Å². The van der Waals surface area contributed by atoms with Crippen LogP contribution in [0.5, 0.6) is 11.8 Å². The molecule has 2 aromatic carbocycles. The van der Waals surface area contributed by atoms with Crippen LogP contribution >= 0.6 is 0 Å². The fourth-order valence-electron chi connectivity index (χ4n) is 3.68. The molecule has 1 saturated heterocycles. The molecule has 0 spiro atoms. The molecular weight excluding hydrogens is 513 g/mol. The highest BCUT2D eigenvalue weighted by Crippen LogP contribution is 2.25. The number of morpholine rings is 1. The van der Waals surface area contributed by atoms with Crippen molar-refractivity contribution in [2.75, 3.05) is 26.3 Å². The second-order valence-electron chi connectivity index (χ2n) is 7.97. The Morgan fingerprint density at radius 3 is 2.22 bits per heavy atom. The van der Waals surface area contributed by atoms with Gasteiger partial charge >= 0.3 is 6.01 Å². The summed E-state index contributed by atoms with van der Waals surface area (Å²) in [6, 6.07) is 9.76. The topological polar surface area (TPSA) is 133 Å². The molecule has 0 bridgehead atoms. The van der Waals surface area contributed by atoms with Gasteiger partial charge in [-0.1, -0.05) is 5.10 Å². The number of hydrogen-bond donors (Lipinski definition) is 1. The summed E-state index contributed by atoms with van der Waals surface area (Å²) < 4.78 is 81.0. The molecule has 1 aliphatic rings. The molecule has 2 heterocycles. The SMILES string of the molecule is CCn1c(Oc2ccc(F)cc2)nnc1[C@@H](C)NS(=O)(=O)c1ccc(S(=O)(=O)N2CCOCC2)cc1. The Hall–Kier alpha value is -2.91. The predicted octanol–water partition coefficient (Wildman–Crippen LogP) is 2.29. The van der Waals surface area contributed by atoms with Gasteiger partial charge in [-0.05, 0) is 62.4 Å². The first kappa shape index (κ1) is 26.2. The summed E-state index contributed by atoms with van der Waals surface area (Å²) in [5.41, 5.74) is 0. The van der Waals surface area contributed by atoms with Crippen LogP contribution in [0.25, 0.3) is 0 Å². The lowest BCUT2D eigenvalue weighted by Gasteiger charge is -2.26. The van der Waals surface area contributed by atoms with Crippen molar-refractivity contribution >= 4 is 20.0 Å². The van der Waals surface area contributed by atoms with Crippen molar-refractivity contribution < 1.29 is 30.7 Å². The summed E-state index contributed by atoms with van der Waals surface area (Å²) in [6.45, 7) is 4.92. The normalized spacial score (nSPS) is 16.1. The zero-order valence-corrected chi connectivity index (χ0v) is 21.3. The molecule has 0 radical (unpaired) electrons. The Bertz CT molecular complexity index is 1400. The van der Waals surface area contributed by atoms with E-state index in [1.54, 1.807) is 11.5 Å². The molecule has 1 atom stereocenters. The molecule has 36 heavy (non-hydrogen) atoms. The maximum absolute atomic E-state index is 13.2. The van der Waals surface area contributed by atoms with E-state index in [-0.39, 0.29) is 28.9 Å². The summed E-state index contributed by atoms with van der Waals surface area (Å²) in [6.07, 6.45) is 0. The molecule has 1 fully saturated rings. The average molecular weight is 540 g/mol. The third-order valence-corrected chi connectivity index (χ3v) is 9.02. The Morgan fingerprint density at radius 1 is 1.00 bits per heavy atom. The zero-order valence-electron chi connectivity index (χ0n) is 19.7. The highest BCUT2D eigenvalue weighted by Gasteiger charge is 2.28. The van der Waals surface area contributed by atoms with E-state index in [9.17, 15) is 21.2 Å². The Labute approximate surface area is 209 Å². The van der Waals surface area contributed by atoms with Crippen molar-refractivity contribution in [2.45, 2.75) is 36.2 Å². The van der Waals surface area contributed by atoms with E-state index < -0.39 is 31.9 Å². The van der Waals surface area contributed by atoms with E-state index in [4.69, 9.17) is 9.47 Å². The van der Waals surface area contributed by atoms with E-state index in [1.807, 2.05) is 6.92 Å². The molecule has 1 aliphatic heterocycles. The van der Waals surface area contributed by atoms with Crippen molar-refractivity contribution in [1.82, 2.24) is 23.8 Å². The molecule has 11 nitrogen and oxygen atoms in total. The van der Waals surface area contributed by atoms with Crippen LogP contribution in [0.1, 0.15) is 25.7 Å². The van der Waals surface area contributed by atoms with Gasteiger partial charge in [0.15, 0.2) is 5.82 Å². The van der Waals surface area contributed by atoms with Crippen LogP contribution in [0, 0.1) is 5.82 Å². The molecule has 194 valence electrons. The maximum atomic E-state index is 13.2. The molecule has 0 saturated carbocycles.